The monoisotopic (exact) mass is 255 g/mol. The Balaban J connectivity index is 0.00000112. The van der Waals surface area contributed by atoms with E-state index in [1.165, 1.54) is 12.8 Å². The van der Waals surface area contributed by atoms with Crippen LogP contribution in [0.15, 0.2) is 0 Å². The molecule has 0 aromatic rings. The molecule has 0 spiro atoms. The zero-order valence-corrected chi connectivity index (χ0v) is 10.6. The topological polar surface area (TPSA) is 58.6 Å². The highest BCUT2D eigenvalue weighted by Crippen LogP contribution is 2.56. The first kappa shape index (κ1) is 13.5. The fraction of sp³-hybridized carbons (Fsp3) is 1.00. The summed E-state index contributed by atoms with van der Waals surface area (Å²) in [5, 5.41) is 3.20. The molecule has 1 heterocycles. The van der Waals surface area contributed by atoms with Crippen LogP contribution in [0.3, 0.4) is 0 Å². The first-order chi connectivity index (χ1) is 6.65. The van der Waals surface area contributed by atoms with Crippen LogP contribution in [0.5, 0.6) is 0 Å². The van der Waals surface area contributed by atoms with E-state index in [-0.39, 0.29) is 18.1 Å². The zero-order valence-electron chi connectivity index (χ0n) is 8.89. The second kappa shape index (κ2) is 5.15. The van der Waals surface area contributed by atoms with Crippen LogP contribution in [-0.4, -0.2) is 30.2 Å². The van der Waals surface area contributed by atoms with Gasteiger partial charge in [-0.15, -0.1) is 12.4 Å². The second-order valence-electron chi connectivity index (χ2n) is 4.21. The molecule has 15 heavy (non-hydrogen) atoms. The van der Waals surface area contributed by atoms with Gasteiger partial charge in [0.15, 0.2) is 0 Å². The van der Waals surface area contributed by atoms with Crippen molar-refractivity contribution in [3.63, 3.8) is 0 Å². The van der Waals surface area contributed by atoms with Crippen molar-refractivity contribution in [1.82, 2.24) is 5.32 Å². The van der Waals surface area contributed by atoms with Crippen LogP contribution < -0.4 is 5.32 Å². The number of hydrogen-bond acceptors (Lipinski definition) is 3. The molecule has 0 aromatic carbocycles. The quantitative estimate of drug-likeness (QED) is 0.750. The van der Waals surface area contributed by atoms with E-state index in [4.69, 9.17) is 4.52 Å². The normalized spacial score (nSPS) is 34.5. The van der Waals surface area contributed by atoms with Gasteiger partial charge in [0.2, 0.25) is 0 Å². The number of halogens is 1. The van der Waals surface area contributed by atoms with Crippen LogP contribution in [0.1, 0.15) is 19.8 Å². The van der Waals surface area contributed by atoms with Crippen LogP contribution in [-0.2, 0) is 9.09 Å². The summed E-state index contributed by atoms with van der Waals surface area (Å²) >= 11 is 0. The average molecular weight is 256 g/mol. The summed E-state index contributed by atoms with van der Waals surface area (Å²) in [6.45, 7) is 3.60. The molecule has 90 valence electrons. The Hall–Kier alpha value is 0.400. The van der Waals surface area contributed by atoms with Gasteiger partial charge in [-0.05, 0) is 38.1 Å². The standard InChI is InChI=1S/C9H18NO3P.ClH/c1-2-13-14(11,12)9-6-10-5-8(9)7-3-4-7;/h7-10H,2-6H2,1H3,(H,11,12);1H. The van der Waals surface area contributed by atoms with Crippen molar-refractivity contribution in [3.8, 4) is 0 Å². The zero-order chi connectivity index (χ0) is 10.2. The van der Waals surface area contributed by atoms with Crippen molar-refractivity contribution in [2.24, 2.45) is 11.8 Å². The van der Waals surface area contributed by atoms with Gasteiger partial charge in [0.05, 0.1) is 12.3 Å². The molecule has 2 aliphatic rings. The van der Waals surface area contributed by atoms with E-state index in [9.17, 15) is 9.46 Å². The van der Waals surface area contributed by atoms with E-state index in [0.717, 1.165) is 6.54 Å². The summed E-state index contributed by atoms with van der Waals surface area (Å²) < 4.78 is 16.8. The van der Waals surface area contributed by atoms with Gasteiger partial charge >= 0.3 is 7.60 Å². The molecule has 2 fully saturated rings. The van der Waals surface area contributed by atoms with Gasteiger partial charge in [0.1, 0.15) is 0 Å². The Labute approximate surface area is 96.7 Å². The second-order valence-corrected chi connectivity index (χ2v) is 6.26. The maximum absolute atomic E-state index is 11.9. The van der Waals surface area contributed by atoms with Crippen LogP contribution in [0.4, 0.5) is 0 Å². The van der Waals surface area contributed by atoms with Crippen molar-refractivity contribution >= 4 is 20.0 Å². The van der Waals surface area contributed by atoms with Crippen LogP contribution >= 0.6 is 20.0 Å². The summed E-state index contributed by atoms with van der Waals surface area (Å²) in [7, 11) is -3.37. The minimum Gasteiger partial charge on any atom is -0.324 e. The minimum absolute atomic E-state index is 0. The minimum atomic E-state index is -3.37. The highest BCUT2D eigenvalue weighted by Gasteiger charge is 2.47. The number of hydrogen-bond donors (Lipinski definition) is 2. The van der Waals surface area contributed by atoms with Crippen molar-refractivity contribution in [1.29, 1.82) is 0 Å². The number of rotatable bonds is 4. The molecular formula is C9H19ClNO3P. The molecule has 6 heteroatoms. The fourth-order valence-corrected chi connectivity index (χ4v) is 4.08. The largest absolute Gasteiger partial charge is 0.332 e. The van der Waals surface area contributed by atoms with Crippen LogP contribution in [0, 0.1) is 11.8 Å². The SMILES string of the molecule is CCOP(=O)(O)C1CNCC1C1CC1.Cl. The van der Waals surface area contributed by atoms with Crippen molar-refractivity contribution < 1.29 is 14.0 Å². The molecule has 0 aromatic heterocycles. The molecule has 4 nitrogen and oxygen atoms in total. The van der Waals surface area contributed by atoms with E-state index < -0.39 is 7.60 Å². The van der Waals surface area contributed by atoms with E-state index in [1.807, 2.05) is 0 Å². The molecule has 0 bridgehead atoms. The predicted molar refractivity (Wildman–Crippen MR) is 61.6 cm³/mol. The van der Waals surface area contributed by atoms with Crippen molar-refractivity contribution in [3.05, 3.63) is 0 Å². The predicted octanol–water partition coefficient (Wildman–Crippen LogP) is 1.63. The molecule has 0 amide bonds. The Morgan fingerprint density at radius 3 is 2.67 bits per heavy atom. The van der Waals surface area contributed by atoms with Crippen molar-refractivity contribution in [2.45, 2.75) is 25.4 Å². The summed E-state index contributed by atoms with van der Waals surface area (Å²) in [5.74, 6) is 1.02. The average Bonchev–Trinajstić information content (AvgIpc) is 2.83. The van der Waals surface area contributed by atoms with Crippen LogP contribution in [0.2, 0.25) is 0 Å². The lowest BCUT2D eigenvalue weighted by Gasteiger charge is -2.22. The van der Waals surface area contributed by atoms with Gasteiger partial charge in [-0.2, -0.15) is 0 Å². The summed E-state index contributed by atoms with van der Waals surface area (Å²) in [4.78, 5) is 9.75. The van der Waals surface area contributed by atoms with E-state index in [0.29, 0.717) is 25.0 Å². The Bertz CT molecular complexity index is 260. The van der Waals surface area contributed by atoms with Gasteiger partial charge in [0.25, 0.3) is 0 Å². The maximum Gasteiger partial charge on any atom is 0.332 e. The molecule has 3 atom stereocenters. The first-order valence-corrected chi connectivity index (χ1v) is 6.97. The van der Waals surface area contributed by atoms with Gasteiger partial charge in [-0.1, -0.05) is 0 Å². The van der Waals surface area contributed by atoms with Gasteiger partial charge < -0.3 is 14.7 Å². The highest BCUT2D eigenvalue weighted by molar-refractivity contribution is 7.53. The molecular weight excluding hydrogens is 237 g/mol. The molecule has 0 radical (unpaired) electrons. The summed E-state index contributed by atoms with van der Waals surface area (Å²) in [6.07, 6.45) is 2.43. The molecule has 1 aliphatic carbocycles. The van der Waals surface area contributed by atoms with Crippen molar-refractivity contribution in [2.75, 3.05) is 19.7 Å². The Morgan fingerprint density at radius 2 is 2.13 bits per heavy atom. The Kier molecular flexibility index (Phi) is 4.63. The molecule has 1 saturated heterocycles. The van der Waals surface area contributed by atoms with E-state index in [2.05, 4.69) is 5.32 Å². The molecule has 3 unspecified atom stereocenters. The van der Waals surface area contributed by atoms with Gasteiger partial charge in [-0.3, -0.25) is 4.57 Å². The van der Waals surface area contributed by atoms with E-state index >= 15 is 0 Å². The molecule has 1 aliphatic heterocycles. The summed E-state index contributed by atoms with van der Waals surface area (Å²) in [5.41, 5.74) is -0.171. The van der Waals surface area contributed by atoms with Crippen LogP contribution in [0.25, 0.3) is 0 Å². The Morgan fingerprint density at radius 1 is 1.47 bits per heavy atom. The molecule has 2 rings (SSSR count). The van der Waals surface area contributed by atoms with E-state index in [1.54, 1.807) is 6.92 Å². The lowest BCUT2D eigenvalue weighted by Crippen LogP contribution is -2.22. The lowest BCUT2D eigenvalue weighted by molar-refractivity contribution is 0.256. The molecule has 1 saturated carbocycles. The molecule has 2 N–H and O–H groups in total. The maximum atomic E-state index is 11.9. The highest BCUT2D eigenvalue weighted by atomic mass is 35.5. The third kappa shape index (κ3) is 2.95. The first-order valence-electron chi connectivity index (χ1n) is 5.33. The smallest absolute Gasteiger partial charge is 0.324 e. The van der Waals surface area contributed by atoms with Gasteiger partial charge in [0, 0.05) is 6.54 Å². The third-order valence-electron chi connectivity index (χ3n) is 3.19. The fourth-order valence-electron chi connectivity index (χ4n) is 2.33. The lowest BCUT2D eigenvalue weighted by atomic mass is 10.0. The number of nitrogens with one attached hydrogen (secondary N) is 1. The third-order valence-corrected chi connectivity index (χ3v) is 5.22. The summed E-state index contributed by atoms with van der Waals surface area (Å²) in [6, 6.07) is 0. The van der Waals surface area contributed by atoms with Gasteiger partial charge in [-0.25, -0.2) is 0 Å².